The number of piperidine rings is 1. The molecule has 2 bridgehead atoms. The van der Waals surface area contributed by atoms with Crippen LogP contribution in [0.1, 0.15) is 74.1 Å². The molecule has 5 aliphatic rings. The molecular weight excluding hydrogens is 557 g/mol. The van der Waals surface area contributed by atoms with Gasteiger partial charge in [0, 0.05) is 30.8 Å². The Hall–Kier alpha value is -3.04. The summed E-state index contributed by atoms with van der Waals surface area (Å²) in [5, 5.41) is 23.7. The number of aliphatic hydroxyl groups is 1. The summed E-state index contributed by atoms with van der Waals surface area (Å²) in [7, 11) is 0. The van der Waals surface area contributed by atoms with Gasteiger partial charge in [0.15, 0.2) is 11.5 Å². The number of phenolic OH excluding ortho intramolecular Hbond substituents is 1. The predicted octanol–water partition coefficient (Wildman–Crippen LogP) is 5.69. The quantitative estimate of drug-likeness (QED) is 0.384. The highest BCUT2D eigenvalue weighted by molar-refractivity contribution is 5.92. The molecule has 2 aromatic rings. The van der Waals surface area contributed by atoms with Crippen LogP contribution in [0.2, 0.25) is 0 Å². The standard InChI is InChI=1S/C34H39F3N2O4/c1-2-3-16-39(28(41)12-9-21-5-4-6-24(18-21)34(35,36)37)25-13-14-33(42)27-19-23-10-11-26(40)30-29(23)32(33,31(25)43-30)15-17-38(27)20-22-7-8-22/h4-6,9-12,18,22,25,27,31,40,42H,2-3,7-8,13-17,19-20H2,1H3/b12-9+/t25-,27-,31+,32+,33-/m1/s1. The number of carbonyl (C=O) groups excluding carboxylic acids is 1. The molecule has 2 N–H and O–H groups in total. The van der Waals surface area contributed by atoms with Crippen molar-refractivity contribution in [2.45, 2.75) is 93.7 Å². The van der Waals surface area contributed by atoms with E-state index in [1.165, 1.54) is 31.1 Å². The zero-order valence-electron chi connectivity index (χ0n) is 24.4. The molecule has 2 saturated carbocycles. The fourth-order valence-corrected chi connectivity index (χ4v) is 8.62. The summed E-state index contributed by atoms with van der Waals surface area (Å²) in [4.78, 5) is 18.1. The largest absolute Gasteiger partial charge is 0.504 e. The molecule has 3 aliphatic carbocycles. The van der Waals surface area contributed by atoms with Crippen LogP contribution in [-0.2, 0) is 22.8 Å². The number of carbonyl (C=O) groups is 1. The Morgan fingerprint density at radius 1 is 1.19 bits per heavy atom. The number of alkyl halides is 3. The minimum Gasteiger partial charge on any atom is -0.504 e. The normalized spacial score (nSPS) is 31.1. The third-order valence-corrected chi connectivity index (χ3v) is 10.8. The van der Waals surface area contributed by atoms with Gasteiger partial charge in [-0.05, 0) is 92.8 Å². The monoisotopic (exact) mass is 596 g/mol. The van der Waals surface area contributed by atoms with Gasteiger partial charge in [-0.1, -0.05) is 31.5 Å². The zero-order chi connectivity index (χ0) is 30.1. The zero-order valence-corrected chi connectivity index (χ0v) is 24.4. The first-order valence-electron chi connectivity index (χ1n) is 15.7. The summed E-state index contributed by atoms with van der Waals surface area (Å²) in [6, 6.07) is 8.17. The number of benzene rings is 2. The highest BCUT2D eigenvalue weighted by Gasteiger charge is 2.73. The number of hydrogen-bond acceptors (Lipinski definition) is 5. The van der Waals surface area contributed by atoms with Gasteiger partial charge in [0.25, 0.3) is 0 Å². The van der Waals surface area contributed by atoms with Gasteiger partial charge in [-0.2, -0.15) is 13.2 Å². The van der Waals surface area contributed by atoms with Crippen LogP contribution in [0.25, 0.3) is 6.08 Å². The highest BCUT2D eigenvalue weighted by Crippen LogP contribution is 2.66. The van der Waals surface area contributed by atoms with Crippen molar-refractivity contribution in [2.24, 2.45) is 5.92 Å². The average Bonchev–Trinajstić information content (AvgIpc) is 3.72. The molecule has 1 amide bonds. The van der Waals surface area contributed by atoms with Crippen molar-refractivity contribution < 1.29 is 32.9 Å². The van der Waals surface area contributed by atoms with E-state index in [-0.39, 0.29) is 23.7 Å². The Kier molecular flexibility index (Phi) is 6.85. The number of aromatic hydroxyl groups is 1. The molecule has 2 aliphatic heterocycles. The predicted molar refractivity (Wildman–Crippen MR) is 156 cm³/mol. The maximum atomic E-state index is 13.9. The van der Waals surface area contributed by atoms with Gasteiger partial charge in [0.2, 0.25) is 5.91 Å². The smallest absolute Gasteiger partial charge is 0.416 e. The summed E-state index contributed by atoms with van der Waals surface area (Å²) in [5.74, 6) is 0.884. The van der Waals surface area contributed by atoms with Crippen LogP contribution >= 0.6 is 0 Å². The number of amides is 1. The molecule has 2 aromatic carbocycles. The number of phenols is 1. The first-order valence-corrected chi connectivity index (χ1v) is 15.7. The van der Waals surface area contributed by atoms with Gasteiger partial charge < -0.3 is 19.8 Å². The van der Waals surface area contributed by atoms with E-state index < -0.39 is 28.9 Å². The summed E-state index contributed by atoms with van der Waals surface area (Å²) >= 11 is 0. The molecule has 1 spiro atoms. The Bertz CT molecular complexity index is 1460. The molecule has 230 valence electrons. The lowest BCUT2D eigenvalue weighted by Crippen LogP contribution is -2.78. The van der Waals surface area contributed by atoms with Crippen molar-refractivity contribution in [3.8, 4) is 11.5 Å². The van der Waals surface area contributed by atoms with Crippen LogP contribution in [0.4, 0.5) is 13.2 Å². The fraction of sp³-hybridized carbons (Fsp3) is 0.559. The third kappa shape index (κ3) is 4.48. The van der Waals surface area contributed by atoms with Gasteiger partial charge in [0.1, 0.15) is 6.10 Å². The van der Waals surface area contributed by atoms with E-state index in [2.05, 4.69) is 4.90 Å². The Morgan fingerprint density at radius 2 is 2.00 bits per heavy atom. The maximum absolute atomic E-state index is 13.9. The second-order valence-electron chi connectivity index (χ2n) is 13.2. The summed E-state index contributed by atoms with van der Waals surface area (Å²) < 4.78 is 46.5. The van der Waals surface area contributed by atoms with Gasteiger partial charge in [-0.3, -0.25) is 9.69 Å². The molecule has 0 unspecified atom stereocenters. The second kappa shape index (κ2) is 10.3. The molecule has 1 saturated heterocycles. The van der Waals surface area contributed by atoms with E-state index in [1.54, 1.807) is 17.0 Å². The fourth-order valence-electron chi connectivity index (χ4n) is 8.62. The second-order valence-corrected chi connectivity index (χ2v) is 13.2. The molecule has 5 atom stereocenters. The van der Waals surface area contributed by atoms with Crippen LogP contribution in [0.5, 0.6) is 11.5 Å². The van der Waals surface area contributed by atoms with E-state index >= 15 is 0 Å². The van der Waals surface area contributed by atoms with Gasteiger partial charge in [-0.25, -0.2) is 0 Å². The maximum Gasteiger partial charge on any atom is 0.416 e. The number of ether oxygens (including phenoxy) is 1. The lowest BCUT2D eigenvalue weighted by molar-refractivity contribution is -0.201. The van der Waals surface area contributed by atoms with Crippen LogP contribution in [0, 0.1) is 5.92 Å². The molecule has 9 heteroatoms. The Labute approximate surface area is 250 Å². The van der Waals surface area contributed by atoms with Crippen molar-refractivity contribution in [1.82, 2.24) is 9.80 Å². The number of unbranched alkanes of at least 4 members (excludes halogenated alkanes) is 1. The number of halogens is 3. The van der Waals surface area contributed by atoms with Crippen molar-refractivity contribution in [2.75, 3.05) is 19.6 Å². The lowest BCUT2D eigenvalue weighted by Gasteiger charge is -2.65. The number of nitrogens with zero attached hydrogens (tertiary/aromatic N) is 2. The van der Waals surface area contributed by atoms with Crippen LogP contribution < -0.4 is 4.74 Å². The first kappa shape index (κ1) is 28.7. The number of rotatable bonds is 8. The molecule has 0 radical (unpaired) electrons. The molecule has 6 nitrogen and oxygen atoms in total. The Morgan fingerprint density at radius 3 is 2.74 bits per heavy atom. The van der Waals surface area contributed by atoms with Crippen LogP contribution in [-0.4, -0.2) is 69.3 Å². The third-order valence-electron chi connectivity index (χ3n) is 10.8. The van der Waals surface area contributed by atoms with E-state index in [1.807, 2.05) is 13.0 Å². The van der Waals surface area contributed by atoms with Crippen molar-refractivity contribution in [3.05, 3.63) is 64.7 Å². The van der Waals surface area contributed by atoms with E-state index in [4.69, 9.17) is 4.74 Å². The molecule has 2 heterocycles. The van der Waals surface area contributed by atoms with E-state index in [0.717, 1.165) is 49.2 Å². The Balaban J connectivity index is 1.24. The topological polar surface area (TPSA) is 73.2 Å². The van der Waals surface area contributed by atoms with Crippen molar-refractivity contribution in [3.63, 3.8) is 0 Å². The SMILES string of the molecule is CCCCN(C(=O)/C=C/c1cccc(C(F)(F)F)c1)[C@@H]1CC[C@@]2(O)[C@H]3Cc4ccc(O)c5c4[C@@]2(CCN3CC2CC2)[C@H]1O5. The first-order chi connectivity index (χ1) is 20.6. The summed E-state index contributed by atoms with van der Waals surface area (Å²) in [6.45, 7) is 4.32. The summed E-state index contributed by atoms with van der Waals surface area (Å²) in [5.41, 5.74) is -0.259. The van der Waals surface area contributed by atoms with Crippen LogP contribution in [0.3, 0.4) is 0 Å². The molecule has 43 heavy (non-hydrogen) atoms. The van der Waals surface area contributed by atoms with Gasteiger partial charge in [0.05, 0.1) is 22.6 Å². The molecule has 7 rings (SSSR count). The lowest BCUT2D eigenvalue weighted by atomic mass is 9.48. The minimum absolute atomic E-state index is 0.0540. The average molecular weight is 597 g/mol. The number of hydrogen-bond donors (Lipinski definition) is 2. The van der Waals surface area contributed by atoms with Crippen LogP contribution in [0.15, 0.2) is 42.5 Å². The molecule has 0 aromatic heterocycles. The van der Waals surface area contributed by atoms with Crippen molar-refractivity contribution >= 4 is 12.0 Å². The van der Waals surface area contributed by atoms with Gasteiger partial charge in [-0.15, -0.1) is 0 Å². The minimum atomic E-state index is -4.47. The highest BCUT2D eigenvalue weighted by atomic mass is 19.4. The number of likely N-dealkylation sites (tertiary alicyclic amines) is 1. The van der Waals surface area contributed by atoms with E-state index in [0.29, 0.717) is 49.5 Å². The summed E-state index contributed by atoms with van der Waals surface area (Å²) in [6.07, 6.45) is 4.29. The van der Waals surface area contributed by atoms with Crippen molar-refractivity contribution in [1.29, 1.82) is 0 Å². The molecule has 3 fully saturated rings. The van der Waals surface area contributed by atoms with Gasteiger partial charge >= 0.3 is 6.18 Å². The van der Waals surface area contributed by atoms with E-state index in [9.17, 15) is 28.2 Å². The molecular formula is C34H39F3N2O4.